The van der Waals surface area contributed by atoms with Crippen LogP contribution < -0.4 is 4.72 Å². The Morgan fingerprint density at radius 2 is 2.06 bits per heavy atom. The van der Waals surface area contributed by atoms with Gasteiger partial charge in [0, 0.05) is 5.02 Å². The summed E-state index contributed by atoms with van der Waals surface area (Å²) in [6, 6.07) is 6.82. The summed E-state index contributed by atoms with van der Waals surface area (Å²) in [5.41, 5.74) is 0.549. The molecule has 0 unspecified atom stereocenters. The van der Waals surface area contributed by atoms with Crippen LogP contribution in [0.4, 0.5) is 5.13 Å². The Labute approximate surface area is 114 Å². The van der Waals surface area contributed by atoms with Crippen molar-refractivity contribution in [1.29, 1.82) is 0 Å². The Morgan fingerprint density at radius 3 is 2.67 bits per heavy atom. The number of nitrogens with one attached hydrogen (secondary N) is 1. The van der Waals surface area contributed by atoms with Gasteiger partial charge in [-0.3, -0.25) is 4.72 Å². The van der Waals surface area contributed by atoms with Gasteiger partial charge in [-0.25, -0.2) is 8.42 Å². The molecule has 0 amide bonds. The summed E-state index contributed by atoms with van der Waals surface area (Å²) >= 11 is 7.10. The van der Waals surface area contributed by atoms with E-state index < -0.39 is 10.0 Å². The highest BCUT2D eigenvalue weighted by molar-refractivity contribution is 7.92. The van der Waals surface area contributed by atoms with Crippen molar-refractivity contribution < 1.29 is 8.42 Å². The highest BCUT2D eigenvalue weighted by Gasteiger charge is 2.15. The zero-order chi connectivity index (χ0) is 13.2. The molecule has 1 heterocycles. The monoisotopic (exact) mass is 303 g/mol. The minimum absolute atomic E-state index is 0.189. The SMILES string of the molecule is Cc1nnc(NS(=O)(=O)Cc2ccccc2Cl)s1. The van der Waals surface area contributed by atoms with Crippen molar-refractivity contribution in [3.05, 3.63) is 39.9 Å². The predicted octanol–water partition coefficient (Wildman–Crippen LogP) is 2.44. The van der Waals surface area contributed by atoms with E-state index in [1.165, 1.54) is 11.3 Å². The number of sulfonamides is 1. The molecule has 18 heavy (non-hydrogen) atoms. The minimum Gasteiger partial charge on any atom is -0.257 e. The first-order valence-corrected chi connectivity index (χ1v) is 7.85. The Balaban J connectivity index is 2.15. The van der Waals surface area contributed by atoms with Crippen LogP contribution in [-0.4, -0.2) is 18.6 Å². The van der Waals surface area contributed by atoms with Crippen LogP contribution in [-0.2, 0) is 15.8 Å². The first-order valence-electron chi connectivity index (χ1n) is 5.00. The van der Waals surface area contributed by atoms with Gasteiger partial charge < -0.3 is 0 Å². The first-order chi connectivity index (χ1) is 8.46. The van der Waals surface area contributed by atoms with Crippen LogP contribution in [0.2, 0.25) is 5.02 Å². The van der Waals surface area contributed by atoms with Crippen LogP contribution >= 0.6 is 22.9 Å². The van der Waals surface area contributed by atoms with Gasteiger partial charge in [0.25, 0.3) is 0 Å². The maximum Gasteiger partial charge on any atom is 0.238 e. The van der Waals surface area contributed by atoms with Gasteiger partial charge in [0.15, 0.2) is 0 Å². The molecule has 0 atom stereocenters. The van der Waals surface area contributed by atoms with Gasteiger partial charge in [-0.15, -0.1) is 10.2 Å². The molecule has 0 radical (unpaired) electrons. The molecule has 0 spiro atoms. The molecule has 5 nitrogen and oxygen atoms in total. The number of benzene rings is 1. The van der Waals surface area contributed by atoms with Crippen LogP contribution in [0.15, 0.2) is 24.3 Å². The second-order valence-electron chi connectivity index (χ2n) is 3.58. The third-order valence-electron chi connectivity index (χ3n) is 2.07. The van der Waals surface area contributed by atoms with Crippen molar-refractivity contribution in [1.82, 2.24) is 10.2 Å². The van der Waals surface area contributed by atoms with Gasteiger partial charge >= 0.3 is 0 Å². The zero-order valence-corrected chi connectivity index (χ0v) is 11.8. The van der Waals surface area contributed by atoms with E-state index in [1.807, 2.05) is 0 Å². The van der Waals surface area contributed by atoms with Crippen molar-refractivity contribution in [2.75, 3.05) is 4.72 Å². The Morgan fingerprint density at radius 1 is 1.33 bits per heavy atom. The average molecular weight is 304 g/mol. The van der Waals surface area contributed by atoms with E-state index in [9.17, 15) is 8.42 Å². The Bertz CT molecular complexity index is 655. The number of halogens is 1. The van der Waals surface area contributed by atoms with Crippen molar-refractivity contribution in [2.24, 2.45) is 0 Å². The topological polar surface area (TPSA) is 72.0 Å². The molecule has 0 aliphatic heterocycles. The fourth-order valence-electron chi connectivity index (χ4n) is 1.33. The van der Waals surface area contributed by atoms with Crippen molar-refractivity contribution >= 4 is 38.1 Å². The molecule has 0 aliphatic rings. The number of hydrogen-bond donors (Lipinski definition) is 1. The number of aromatic nitrogens is 2. The van der Waals surface area contributed by atoms with E-state index in [4.69, 9.17) is 11.6 Å². The van der Waals surface area contributed by atoms with E-state index in [0.29, 0.717) is 15.6 Å². The maximum absolute atomic E-state index is 11.9. The molecule has 0 fully saturated rings. The van der Waals surface area contributed by atoms with E-state index >= 15 is 0 Å². The van der Waals surface area contributed by atoms with Crippen LogP contribution in [0.25, 0.3) is 0 Å². The summed E-state index contributed by atoms with van der Waals surface area (Å²) in [5.74, 6) is -0.189. The zero-order valence-electron chi connectivity index (χ0n) is 9.42. The maximum atomic E-state index is 11.9. The molecule has 0 bridgehead atoms. The fourth-order valence-corrected chi connectivity index (χ4v) is 3.64. The molecule has 0 saturated heterocycles. The van der Waals surface area contributed by atoms with Crippen LogP contribution in [0.3, 0.4) is 0 Å². The quantitative estimate of drug-likeness (QED) is 0.941. The van der Waals surface area contributed by atoms with E-state index in [1.54, 1.807) is 31.2 Å². The molecule has 2 aromatic rings. The minimum atomic E-state index is -3.52. The number of hydrogen-bond acceptors (Lipinski definition) is 5. The molecule has 1 aromatic heterocycles. The van der Waals surface area contributed by atoms with Gasteiger partial charge in [-0.2, -0.15) is 0 Å². The Kier molecular flexibility index (Phi) is 3.84. The summed E-state index contributed by atoms with van der Waals surface area (Å²) in [7, 11) is -3.52. The normalized spacial score (nSPS) is 11.4. The number of rotatable bonds is 4. The summed E-state index contributed by atoms with van der Waals surface area (Å²) in [6.45, 7) is 1.75. The molecule has 2 rings (SSSR count). The third kappa shape index (κ3) is 3.41. The average Bonchev–Trinajstić information content (AvgIpc) is 2.66. The molecule has 1 aromatic carbocycles. The molecule has 8 heteroatoms. The summed E-state index contributed by atoms with van der Waals surface area (Å²) in [6.07, 6.45) is 0. The molecular formula is C10H10ClN3O2S2. The van der Waals surface area contributed by atoms with Gasteiger partial charge in [0.2, 0.25) is 15.2 Å². The van der Waals surface area contributed by atoms with Gasteiger partial charge in [-0.1, -0.05) is 41.1 Å². The molecule has 96 valence electrons. The first kappa shape index (κ1) is 13.3. The Hall–Kier alpha value is -1.18. The smallest absolute Gasteiger partial charge is 0.238 e. The standard InChI is InChI=1S/C10H10ClN3O2S2/c1-7-12-13-10(17-7)14-18(15,16)6-8-4-2-3-5-9(8)11/h2-5H,6H2,1H3,(H,13,14). The summed E-state index contributed by atoms with van der Waals surface area (Å²) in [5, 5.41) is 8.84. The lowest BCUT2D eigenvalue weighted by Crippen LogP contribution is -2.15. The van der Waals surface area contributed by atoms with Gasteiger partial charge in [0.05, 0.1) is 5.75 Å². The van der Waals surface area contributed by atoms with E-state index in [0.717, 1.165) is 0 Å². The van der Waals surface area contributed by atoms with Gasteiger partial charge in [-0.05, 0) is 18.6 Å². The van der Waals surface area contributed by atoms with Crippen molar-refractivity contribution in [2.45, 2.75) is 12.7 Å². The number of aryl methyl sites for hydroxylation is 1. The molecule has 0 saturated carbocycles. The van der Waals surface area contributed by atoms with Crippen molar-refractivity contribution in [3.63, 3.8) is 0 Å². The van der Waals surface area contributed by atoms with Crippen molar-refractivity contribution in [3.8, 4) is 0 Å². The lowest BCUT2D eigenvalue weighted by atomic mass is 10.2. The number of nitrogens with zero attached hydrogens (tertiary/aromatic N) is 2. The highest BCUT2D eigenvalue weighted by atomic mass is 35.5. The van der Waals surface area contributed by atoms with Crippen LogP contribution in [0.5, 0.6) is 0 Å². The highest BCUT2D eigenvalue weighted by Crippen LogP contribution is 2.20. The van der Waals surface area contributed by atoms with E-state index in [-0.39, 0.29) is 10.9 Å². The number of anilines is 1. The largest absolute Gasteiger partial charge is 0.257 e. The van der Waals surface area contributed by atoms with Gasteiger partial charge in [0.1, 0.15) is 5.01 Å². The molecular weight excluding hydrogens is 294 g/mol. The molecule has 0 aliphatic carbocycles. The van der Waals surface area contributed by atoms with E-state index in [2.05, 4.69) is 14.9 Å². The summed E-state index contributed by atoms with van der Waals surface area (Å²) in [4.78, 5) is 0. The second-order valence-corrected chi connectivity index (χ2v) is 6.89. The fraction of sp³-hybridized carbons (Fsp3) is 0.200. The molecule has 1 N–H and O–H groups in total. The lowest BCUT2D eigenvalue weighted by Gasteiger charge is -2.06. The second kappa shape index (κ2) is 5.21. The van der Waals surface area contributed by atoms with Crippen LogP contribution in [0.1, 0.15) is 10.6 Å². The predicted molar refractivity (Wildman–Crippen MR) is 72.3 cm³/mol. The summed E-state index contributed by atoms with van der Waals surface area (Å²) < 4.78 is 26.2. The lowest BCUT2D eigenvalue weighted by molar-refractivity contribution is 0.600. The third-order valence-corrected chi connectivity index (χ3v) is 4.52. The van der Waals surface area contributed by atoms with Crippen LogP contribution in [0, 0.1) is 6.92 Å².